The van der Waals surface area contributed by atoms with Gasteiger partial charge in [0.1, 0.15) is 0 Å². The SMILES string of the molecule is CCNC(=NCc1cc(OC)c(OC)c(OC)c1)N(C)Cc1cccn1C. The third kappa shape index (κ3) is 5.09. The number of ether oxygens (including phenoxy) is 3. The van der Waals surface area contributed by atoms with Crippen molar-refractivity contribution in [1.29, 1.82) is 0 Å². The van der Waals surface area contributed by atoms with Crippen LogP contribution in [0.15, 0.2) is 35.5 Å². The van der Waals surface area contributed by atoms with Crippen molar-refractivity contribution in [2.24, 2.45) is 12.0 Å². The van der Waals surface area contributed by atoms with E-state index in [1.54, 1.807) is 21.3 Å². The van der Waals surface area contributed by atoms with E-state index >= 15 is 0 Å². The first-order chi connectivity index (χ1) is 13.0. The molecule has 0 bridgehead atoms. The second-order valence-electron chi connectivity index (χ2n) is 6.17. The molecule has 148 valence electrons. The van der Waals surface area contributed by atoms with E-state index in [1.165, 1.54) is 5.69 Å². The lowest BCUT2D eigenvalue weighted by Gasteiger charge is -2.22. The van der Waals surface area contributed by atoms with Gasteiger partial charge in [-0.25, -0.2) is 4.99 Å². The summed E-state index contributed by atoms with van der Waals surface area (Å²) < 4.78 is 18.3. The van der Waals surface area contributed by atoms with Crippen LogP contribution in [-0.4, -0.2) is 50.3 Å². The van der Waals surface area contributed by atoms with Crippen molar-refractivity contribution >= 4 is 5.96 Å². The Labute approximate surface area is 161 Å². The Morgan fingerprint density at radius 2 is 1.81 bits per heavy atom. The van der Waals surface area contributed by atoms with Gasteiger partial charge in [0.05, 0.1) is 34.4 Å². The number of nitrogens with zero attached hydrogens (tertiary/aromatic N) is 3. The van der Waals surface area contributed by atoms with Gasteiger partial charge in [0.15, 0.2) is 17.5 Å². The molecule has 1 heterocycles. The highest BCUT2D eigenvalue weighted by Gasteiger charge is 2.14. The molecule has 2 aromatic rings. The van der Waals surface area contributed by atoms with E-state index in [4.69, 9.17) is 19.2 Å². The molecule has 1 N–H and O–H groups in total. The number of aliphatic imine (C=N–C) groups is 1. The van der Waals surface area contributed by atoms with Crippen molar-refractivity contribution < 1.29 is 14.2 Å². The van der Waals surface area contributed by atoms with Crippen LogP contribution in [0.25, 0.3) is 0 Å². The van der Waals surface area contributed by atoms with E-state index in [-0.39, 0.29) is 0 Å². The van der Waals surface area contributed by atoms with Crippen LogP contribution in [0.5, 0.6) is 17.2 Å². The molecule has 0 amide bonds. The van der Waals surface area contributed by atoms with E-state index in [0.717, 1.165) is 24.6 Å². The Kier molecular flexibility index (Phi) is 7.40. The summed E-state index contributed by atoms with van der Waals surface area (Å²) in [4.78, 5) is 6.88. The predicted molar refractivity (Wildman–Crippen MR) is 108 cm³/mol. The molecule has 2 rings (SSSR count). The number of aromatic nitrogens is 1. The molecule has 1 aromatic heterocycles. The summed E-state index contributed by atoms with van der Waals surface area (Å²) in [6.07, 6.45) is 2.04. The van der Waals surface area contributed by atoms with E-state index in [9.17, 15) is 0 Å². The minimum atomic E-state index is 0.497. The topological polar surface area (TPSA) is 60.3 Å². The first-order valence-electron chi connectivity index (χ1n) is 8.92. The molecule has 0 saturated carbocycles. The number of aryl methyl sites for hydroxylation is 1. The Hall–Kier alpha value is -2.83. The quantitative estimate of drug-likeness (QED) is 0.569. The van der Waals surface area contributed by atoms with E-state index in [1.807, 2.05) is 38.5 Å². The summed E-state index contributed by atoms with van der Waals surface area (Å²) in [6, 6.07) is 8.00. The summed E-state index contributed by atoms with van der Waals surface area (Å²) in [5, 5.41) is 3.34. The average molecular weight is 374 g/mol. The molecule has 0 aliphatic heterocycles. The molecular formula is C20H30N4O3. The van der Waals surface area contributed by atoms with Crippen molar-refractivity contribution in [2.45, 2.75) is 20.0 Å². The van der Waals surface area contributed by atoms with Gasteiger partial charge in [-0.05, 0) is 36.8 Å². The Bertz CT molecular complexity index is 745. The number of hydrogen-bond acceptors (Lipinski definition) is 4. The summed E-state index contributed by atoms with van der Waals surface area (Å²) >= 11 is 0. The van der Waals surface area contributed by atoms with Gasteiger partial charge in [-0.1, -0.05) is 0 Å². The van der Waals surface area contributed by atoms with Crippen LogP contribution in [0.4, 0.5) is 0 Å². The highest BCUT2D eigenvalue weighted by molar-refractivity contribution is 5.79. The standard InChI is InChI=1S/C20H30N4O3/c1-7-21-20(24(3)14-16-9-8-10-23(16)2)22-13-15-11-17(25-4)19(27-6)18(12-15)26-5/h8-12H,7,13-14H2,1-6H3,(H,21,22). The van der Waals surface area contributed by atoms with Gasteiger partial charge in [0.2, 0.25) is 5.75 Å². The molecular weight excluding hydrogens is 344 g/mol. The van der Waals surface area contributed by atoms with Crippen molar-refractivity contribution in [2.75, 3.05) is 34.9 Å². The molecule has 27 heavy (non-hydrogen) atoms. The minimum absolute atomic E-state index is 0.497. The van der Waals surface area contributed by atoms with Crippen LogP contribution < -0.4 is 19.5 Å². The molecule has 0 aliphatic rings. The fraction of sp³-hybridized carbons (Fsp3) is 0.450. The predicted octanol–water partition coefficient (Wildman–Crippen LogP) is 2.65. The van der Waals surface area contributed by atoms with E-state index < -0.39 is 0 Å². The lowest BCUT2D eigenvalue weighted by Crippen LogP contribution is -2.38. The first-order valence-corrected chi connectivity index (χ1v) is 8.92. The Morgan fingerprint density at radius 3 is 2.30 bits per heavy atom. The van der Waals surface area contributed by atoms with Crippen LogP contribution in [0.3, 0.4) is 0 Å². The summed E-state index contributed by atoms with van der Waals surface area (Å²) in [5.74, 6) is 2.68. The molecule has 1 aromatic carbocycles. The number of guanidine groups is 1. The normalized spacial score (nSPS) is 11.3. The zero-order valence-electron chi connectivity index (χ0n) is 17.1. The molecule has 0 atom stereocenters. The number of methoxy groups -OCH3 is 3. The molecule has 7 heteroatoms. The fourth-order valence-electron chi connectivity index (χ4n) is 2.84. The zero-order chi connectivity index (χ0) is 19.8. The Balaban J connectivity index is 2.22. The van der Waals surface area contributed by atoms with Gasteiger partial charge in [-0.3, -0.25) is 0 Å². The average Bonchev–Trinajstić information content (AvgIpc) is 3.08. The maximum Gasteiger partial charge on any atom is 0.203 e. The molecule has 7 nitrogen and oxygen atoms in total. The second kappa shape index (κ2) is 9.75. The smallest absolute Gasteiger partial charge is 0.203 e. The largest absolute Gasteiger partial charge is 0.493 e. The molecule has 0 saturated heterocycles. The number of benzene rings is 1. The minimum Gasteiger partial charge on any atom is -0.493 e. The molecule has 0 unspecified atom stereocenters. The van der Waals surface area contributed by atoms with Crippen LogP contribution in [-0.2, 0) is 20.1 Å². The second-order valence-corrected chi connectivity index (χ2v) is 6.17. The summed E-state index contributed by atoms with van der Waals surface area (Å²) in [7, 11) is 8.90. The summed E-state index contributed by atoms with van der Waals surface area (Å²) in [5.41, 5.74) is 2.20. The van der Waals surface area contributed by atoms with Crippen LogP contribution >= 0.6 is 0 Å². The highest BCUT2D eigenvalue weighted by Crippen LogP contribution is 2.38. The van der Waals surface area contributed by atoms with E-state index in [0.29, 0.717) is 23.8 Å². The van der Waals surface area contributed by atoms with Gasteiger partial charge in [-0.2, -0.15) is 0 Å². The highest BCUT2D eigenvalue weighted by atomic mass is 16.5. The van der Waals surface area contributed by atoms with Crippen molar-refractivity contribution in [3.63, 3.8) is 0 Å². The number of hydrogen-bond donors (Lipinski definition) is 1. The third-order valence-electron chi connectivity index (χ3n) is 4.28. The van der Waals surface area contributed by atoms with E-state index in [2.05, 4.69) is 27.8 Å². The van der Waals surface area contributed by atoms with Gasteiger partial charge in [0, 0.05) is 32.5 Å². The zero-order valence-corrected chi connectivity index (χ0v) is 17.1. The van der Waals surface area contributed by atoms with Crippen molar-refractivity contribution in [3.05, 3.63) is 41.7 Å². The summed E-state index contributed by atoms with van der Waals surface area (Å²) in [6.45, 7) is 4.12. The van der Waals surface area contributed by atoms with Gasteiger partial charge < -0.3 is 29.0 Å². The molecule has 0 spiro atoms. The first kappa shape index (κ1) is 20.5. The van der Waals surface area contributed by atoms with Crippen LogP contribution in [0, 0.1) is 0 Å². The molecule has 0 radical (unpaired) electrons. The van der Waals surface area contributed by atoms with Crippen molar-refractivity contribution in [3.8, 4) is 17.2 Å². The Morgan fingerprint density at radius 1 is 1.15 bits per heavy atom. The third-order valence-corrected chi connectivity index (χ3v) is 4.28. The maximum atomic E-state index is 5.42. The number of nitrogens with one attached hydrogen (secondary N) is 1. The monoisotopic (exact) mass is 374 g/mol. The van der Waals surface area contributed by atoms with Gasteiger partial charge in [0.25, 0.3) is 0 Å². The van der Waals surface area contributed by atoms with Crippen LogP contribution in [0.1, 0.15) is 18.2 Å². The van der Waals surface area contributed by atoms with Gasteiger partial charge >= 0.3 is 0 Å². The molecule has 0 aliphatic carbocycles. The fourth-order valence-corrected chi connectivity index (χ4v) is 2.84. The maximum absolute atomic E-state index is 5.42. The number of rotatable bonds is 8. The lowest BCUT2D eigenvalue weighted by atomic mass is 10.2. The molecule has 0 fully saturated rings. The lowest BCUT2D eigenvalue weighted by molar-refractivity contribution is 0.324. The van der Waals surface area contributed by atoms with Gasteiger partial charge in [-0.15, -0.1) is 0 Å². The van der Waals surface area contributed by atoms with Crippen molar-refractivity contribution in [1.82, 2.24) is 14.8 Å². The van der Waals surface area contributed by atoms with Crippen LogP contribution in [0.2, 0.25) is 0 Å².